The summed E-state index contributed by atoms with van der Waals surface area (Å²) in [5.74, 6) is -0.572. The first kappa shape index (κ1) is 23.2. The second kappa shape index (κ2) is 9.78. The first-order chi connectivity index (χ1) is 14.7. The van der Waals surface area contributed by atoms with E-state index in [1.807, 2.05) is 25.5 Å². The lowest BCUT2D eigenvalue weighted by atomic mass is 10.0. The van der Waals surface area contributed by atoms with Crippen molar-refractivity contribution in [2.24, 2.45) is 5.92 Å². The normalized spacial score (nSPS) is 15.3. The number of amides is 2. The smallest absolute Gasteiger partial charge is 0.272 e. The van der Waals surface area contributed by atoms with E-state index in [9.17, 15) is 14.0 Å². The van der Waals surface area contributed by atoms with E-state index in [1.165, 1.54) is 18.2 Å². The number of nitrogens with zero attached hydrogens (tertiary/aromatic N) is 3. The summed E-state index contributed by atoms with van der Waals surface area (Å²) in [6.45, 7) is 5.91. The number of carbonyl (C=O) groups is 2. The summed E-state index contributed by atoms with van der Waals surface area (Å²) >= 11 is 6.11. The van der Waals surface area contributed by atoms with Crippen LogP contribution < -0.4 is 10.6 Å². The number of rotatable bonds is 6. The number of halogens is 2. The maximum Gasteiger partial charge on any atom is 0.272 e. The van der Waals surface area contributed by atoms with Crippen LogP contribution in [-0.2, 0) is 17.9 Å². The Bertz CT molecular complexity index is 975. The van der Waals surface area contributed by atoms with Crippen molar-refractivity contribution in [1.29, 1.82) is 0 Å². The Morgan fingerprint density at radius 2 is 2.03 bits per heavy atom. The van der Waals surface area contributed by atoms with Gasteiger partial charge in [0.15, 0.2) is 5.69 Å². The fraction of sp³-hybridized carbons (Fsp3) is 0.500. The van der Waals surface area contributed by atoms with Crippen molar-refractivity contribution < 1.29 is 14.0 Å². The van der Waals surface area contributed by atoms with Crippen molar-refractivity contribution in [3.8, 4) is 11.4 Å². The number of hydrogen-bond donors (Lipinski definition) is 2. The average molecular weight is 450 g/mol. The van der Waals surface area contributed by atoms with E-state index in [0.717, 1.165) is 13.0 Å². The van der Waals surface area contributed by atoms with Gasteiger partial charge in [-0.3, -0.25) is 9.59 Å². The molecule has 0 fully saturated rings. The SMILES string of the molecule is CNC(=O)C(CC(C)C)NC(=O)c1nc(-c2cc(Cl)ccc2F)n2c1CN(C)CCC2. The molecule has 1 aliphatic rings. The molecule has 2 aromatic rings. The maximum absolute atomic E-state index is 14.6. The summed E-state index contributed by atoms with van der Waals surface area (Å²) in [7, 11) is 3.51. The van der Waals surface area contributed by atoms with Crippen LogP contribution in [0.5, 0.6) is 0 Å². The minimum absolute atomic E-state index is 0.209. The molecule has 7 nitrogen and oxygen atoms in total. The quantitative estimate of drug-likeness (QED) is 0.710. The van der Waals surface area contributed by atoms with Crippen LogP contribution in [0.15, 0.2) is 18.2 Å². The lowest BCUT2D eigenvalue weighted by Gasteiger charge is -2.19. The van der Waals surface area contributed by atoms with Gasteiger partial charge in [-0.05, 0) is 50.6 Å². The number of fused-ring (bicyclic) bond motifs is 1. The molecule has 0 saturated carbocycles. The number of aromatic nitrogens is 2. The van der Waals surface area contributed by atoms with E-state index in [4.69, 9.17) is 11.6 Å². The molecule has 9 heteroatoms. The number of nitrogens with one attached hydrogen (secondary N) is 2. The van der Waals surface area contributed by atoms with Gasteiger partial charge in [0.1, 0.15) is 17.7 Å². The zero-order valence-corrected chi connectivity index (χ0v) is 19.1. The summed E-state index contributed by atoms with van der Waals surface area (Å²) in [5, 5.41) is 5.82. The zero-order chi connectivity index (χ0) is 22.7. The highest BCUT2D eigenvalue weighted by Crippen LogP contribution is 2.30. The lowest BCUT2D eigenvalue weighted by molar-refractivity contribution is -0.122. The Hall–Kier alpha value is -2.45. The van der Waals surface area contributed by atoms with Gasteiger partial charge >= 0.3 is 0 Å². The molecule has 2 amide bonds. The molecule has 0 spiro atoms. The molecule has 0 saturated heterocycles. The van der Waals surface area contributed by atoms with Crippen LogP contribution in [0.4, 0.5) is 4.39 Å². The van der Waals surface area contributed by atoms with Crippen LogP contribution in [0.1, 0.15) is 42.9 Å². The van der Waals surface area contributed by atoms with Crippen LogP contribution in [0.2, 0.25) is 5.02 Å². The van der Waals surface area contributed by atoms with Gasteiger partial charge in [0, 0.05) is 25.2 Å². The van der Waals surface area contributed by atoms with Crippen molar-refractivity contribution in [2.45, 2.75) is 45.8 Å². The number of hydrogen-bond acceptors (Lipinski definition) is 4. The van der Waals surface area contributed by atoms with Gasteiger partial charge in [0.25, 0.3) is 5.91 Å². The van der Waals surface area contributed by atoms with Crippen LogP contribution in [0.25, 0.3) is 11.4 Å². The highest BCUT2D eigenvalue weighted by molar-refractivity contribution is 6.30. The van der Waals surface area contributed by atoms with E-state index >= 15 is 0 Å². The molecule has 1 aliphatic heterocycles. The van der Waals surface area contributed by atoms with Crippen molar-refractivity contribution >= 4 is 23.4 Å². The number of benzene rings is 1. The second-order valence-corrected chi connectivity index (χ2v) is 8.80. The third kappa shape index (κ3) is 5.25. The fourth-order valence-electron chi connectivity index (χ4n) is 3.88. The van der Waals surface area contributed by atoms with Gasteiger partial charge in [-0.1, -0.05) is 25.4 Å². The molecule has 2 heterocycles. The molecule has 1 aromatic heterocycles. The highest BCUT2D eigenvalue weighted by atomic mass is 35.5. The van der Waals surface area contributed by atoms with E-state index in [1.54, 1.807) is 7.05 Å². The van der Waals surface area contributed by atoms with Gasteiger partial charge < -0.3 is 20.1 Å². The summed E-state index contributed by atoms with van der Waals surface area (Å²) in [6, 6.07) is 3.62. The Morgan fingerprint density at radius 1 is 1.29 bits per heavy atom. The molecule has 1 atom stereocenters. The number of carbonyl (C=O) groups excluding carboxylic acids is 2. The average Bonchev–Trinajstić information content (AvgIpc) is 2.94. The van der Waals surface area contributed by atoms with E-state index in [0.29, 0.717) is 36.1 Å². The molecule has 0 bridgehead atoms. The van der Waals surface area contributed by atoms with Crippen LogP contribution in [0, 0.1) is 11.7 Å². The number of likely N-dealkylation sites (N-methyl/N-ethyl adjacent to an activating group) is 1. The number of imidazole rings is 1. The van der Waals surface area contributed by atoms with Crippen LogP contribution in [0.3, 0.4) is 0 Å². The van der Waals surface area contributed by atoms with E-state index in [-0.39, 0.29) is 23.1 Å². The first-order valence-electron chi connectivity index (χ1n) is 10.5. The predicted octanol–water partition coefficient (Wildman–Crippen LogP) is 3.07. The molecule has 0 aliphatic carbocycles. The predicted molar refractivity (Wildman–Crippen MR) is 118 cm³/mol. The molecule has 2 N–H and O–H groups in total. The van der Waals surface area contributed by atoms with E-state index < -0.39 is 17.8 Å². The second-order valence-electron chi connectivity index (χ2n) is 8.37. The Morgan fingerprint density at radius 3 is 2.71 bits per heavy atom. The molecule has 1 aromatic carbocycles. The minimum atomic E-state index is -0.676. The van der Waals surface area contributed by atoms with Crippen molar-refractivity contribution in [3.05, 3.63) is 40.4 Å². The summed E-state index contributed by atoms with van der Waals surface area (Å²) in [5.41, 5.74) is 1.16. The summed E-state index contributed by atoms with van der Waals surface area (Å²) < 4.78 is 16.5. The van der Waals surface area contributed by atoms with Gasteiger partial charge in [0.05, 0.1) is 11.3 Å². The Balaban J connectivity index is 2.05. The molecule has 0 radical (unpaired) electrons. The lowest BCUT2D eigenvalue weighted by Crippen LogP contribution is -2.46. The van der Waals surface area contributed by atoms with Crippen LogP contribution >= 0.6 is 11.6 Å². The van der Waals surface area contributed by atoms with E-state index in [2.05, 4.69) is 20.5 Å². The molecule has 168 valence electrons. The Kier molecular flexibility index (Phi) is 7.33. The zero-order valence-electron chi connectivity index (χ0n) is 18.3. The molecule has 1 unspecified atom stereocenters. The Labute approximate surface area is 187 Å². The molecule has 31 heavy (non-hydrogen) atoms. The third-order valence-electron chi connectivity index (χ3n) is 5.37. The van der Waals surface area contributed by atoms with Crippen molar-refractivity contribution in [1.82, 2.24) is 25.1 Å². The molecular weight excluding hydrogens is 421 g/mol. The van der Waals surface area contributed by atoms with Crippen molar-refractivity contribution in [3.63, 3.8) is 0 Å². The molecule has 3 rings (SSSR count). The van der Waals surface area contributed by atoms with Gasteiger partial charge in [0.2, 0.25) is 5.91 Å². The molecular formula is C22H29ClFN5O2. The van der Waals surface area contributed by atoms with Gasteiger partial charge in [-0.2, -0.15) is 0 Å². The summed E-state index contributed by atoms with van der Waals surface area (Å²) in [6.07, 6.45) is 1.33. The van der Waals surface area contributed by atoms with Crippen LogP contribution in [-0.4, -0.2) is 52.9 Å². The maximum atomic E-state index is 14.6. The largest absolute Gasteiger partial charge is 0.357 e. The highest BCUT2D eigenvalue weighted by Gasteiger charge is 2.29. The monoisotopic (exact) mass is 449 g/mol. The minimum Gasteiger partial charge on any atom is -0.357 e. The van der Waals surface area contributed by atoms with Crippen molar-refractivity contribution in [2.75, 3.05) is 20.6 Å². The summed E-state index contributed by atoms with van der Waals surface area (Å²) in [4.78, 5) is 32.2. The fourth-order valence-corrected chi connectivity index (χ4v) is 4.05. The third-order valence-corrected chi connectivity index (χ3v) is 5.61. The standard InChI is InChI=1S/C22H29ClFN5O2/c1-13(2)10-17(21(30)25-3)26-22(31)19-18-12-28(4)8-5-9-29(18)20(27-19)15-11-14(23)6-7-16(15)24/h6-7,11,13,17H,5,8-10,12H2,1-4H3,(H,25,30)(H,26,31). The topological polar surface area (TPSA) is 79.3 Å². The van der Waals surface area contributed by atoms with Gasteiger partial charge in [-0.25, -0.2) is 9.37 Å². The first-order valence-corrected chi connectivity index (χ1v) is 10.8. The van der Waals surface area contributed by atoms with Gasteiger partial charge in [-0.15, -0.1) is 0 Å².